The summed E-state index contributed by atoms with van der Waals surface area (Å²) in [5.74, 6) is 1.57. The minimum absolute atomic E-state index is 0. The zero-order valence-corrected chi connectivity index (χ0v) is 17.9. The van der Waals surface area contributed by atoms with E-state index in [0.717, 1.165) is 45.0 Å². The Morgan fingerprint density at radius 2 is 2.00 bits per heavy atom. The Labute approximate surface area is 172 Å². The lowest BCUT2D eigenvalue weighted by molar-refractivity contribution is -0.171. The highest BCUT2D eigenvalue weighted by Gasteiger charge is 2.66. The maximum absolute atomic E-state index is 11.3. The minimum Gasteiger partial charge on any atom is -0.377 e. The van der Waals surface area contributed by atoms with Crippen LogP contribution in [0.15, 0.2) is 4.99 Å². The third-order valence-electron chi connectivity index (χ3n) is 6.79. The molecule has 8 heteroatoms. The van der Waals surface area contributed by atoms with E-state index in [0.29, 0.717) is 29.5 Å². The van der Waals surface area contributed by atoms with Crippen molar-refractivity contribution in [3.63, 3.8) is 0 Å². The van der Waals surface area contributed by atoms with Gasteiger partial charge in [0.1, 0.15) is 0 Å². The van der Waals surface area contributed by atoms with Crippen LogP contribution in [0, 0.1) is 11.3 Å². The van der Waals surface area contributed by atoms with Crippen LogP contribution in [0.3, 0.4) is 0 Å². The van der Waals surface area contributed by atoms with Gasteiger partial charge < -0.3 is 26.0 Å². The second kappa shape index (κ2) is 8.08. The highest BCUT2D eigenvalue weighted by molar-refractivity contribution is 14.0. The maximum Gasteiger partial charge on any atom is 0.314 e. The molecule has 0 aromatic carbocycles. The van der Waals surface area contributed by atoms with Crippen molar-refractivity contribution in [2.45, 2.75) is 63.6 Å². The number of carbonyl (C=O) groups excluding carboxylic acids is 1. The Morgan fingerprint density at radius 1 is 1.27 bits per heavy atom. The van der Waals surface area contributed by atoms with Crippen LogP contribution < -0.4 is 16.4 Å². The number of aliphatic imine (C=N–C) groups is 1. The van der Waals surface area contributed by atoms with Crippen LogP contribution in [-0.2, 0) is 4.74 Å². The van der Waals surface area contributed by atoms with Crippen molar-refractivity contribution >= 4 is 36.0 Å². The molecule has 2 saturated heterocycles. The number of nitrogens with two attached hydrogens (primary N) is 1. The van der Waals surface area contributed by atoms with Crippen LogP contribution in [0.2, 0.25) is 0 Å². The molecule has 2 aliphatic heterocycles. The molecule has 4 rings (SSSR count). The molecule has 26 heavy (non-hydrogen) atoms. The first-order chi connectivity index (χ1) is 12.1. The van der Waals surface area contributed by atoms with Gasteiger partial charge in [-0.05, 0) is 39.0 Å². The van der Waals surface area contributed by atoms with Crippen molar-refractivity contribution in [2.24, 2.45) is 22.1 Å². The van der Waals surface area contributed by atoms with Gasteiger partial charge in [-0.1, -0.05) is 6.42 Å². The van der Waals surface area contributed by atoms with Crippen molar-refractivity contribution in [1.82, 2.24) is 15.5 Å². The molecule has 2 heterocycles. The van der Waals surface area contributed by atoms with Crippen LogP contribution in [0.5, 0.6) is 0 Å². The molecule has 0 radical (unpaired) electrons. The first-order valence-corrected chi connectivity index (χ1v) is 9.87. The third kappa shape index (κ3) is 3.39. The first kappa shape index (κ1) is 20.0. The highest BCUT2D eigenvalue weighted by Crippen LogP contribution is 2.62. The van der Waals surface area contributed by atoms with Crippen molar-refractivity contribution in [1.29, 1.82) is 0 Å². The van der Waals surface area contributed by atoms with E-state index in [1.165, 1.54) is 25.7 Å². The van der Waals surface area contributed by atoms with Crippen molar-refractivity contribution in [2.75, 3.05) is 26.2 Å². The van der Waals surface area contributed by atoms with Gasteiger partial charge in [0.2, 0.25) is 0 Å². The molecule has 2 aliphatic carbocycles. The number of ether oxygens (including phenoxy) is 1. The summed E-state index contributed by atoms with van der Waals surface area (Å²) in [4.78, 5) is 17.7. The second-order valence-corrected chi connectivity index (χ2v) is 8.02. The predicted molar refractivity (Wildman–Crippen MR) is 112 cm³/mol. The molecule has 4 N–H and O–H groups in total. The fourth-order valence-electron chi connectivity index (χ4n) is 5.33. The number of guanidine groups is 1. The van der Waals surface area contributed by atoms with Gasteiger partial charge in [-0.25, -0.2) is 4.79 Å². The standard InChI is InChI=1S/C18H31N5O2.HI/c1-2-20-17(21-12-4-9-23(10-5-12)16(19)24)22-14-13-6-11-25-15(13)18(14)7-3-8-18;/h12-15H,2-11H2,1H3,(H2,19,24)(H2,20,21,22);1H. The lowest BCUT2D eigenvalue weighted by Crippen LogP contribution is -2.72. The number of fused-ring (bicyclic) bond motifs is 2. The van der Waals surface area contributed by atoms with Crippen LogP contribution in [0.25, 0.3) is 0 Å². The summed E-state index contributed by atoms with van der Waals surface area (Å²) in [7, 11) is 0. The summed E-state index contributed by atoms with van der Waals surface area (Å²) < 4.78 is 6.02. The van der Waals surface area contributed by atoms with E-state index < -0.39 is 0 Å². The molecule has 4 fully saturated rings. The van der Waals surface area contributed by atoms with Crippen LogP contribution in [-0.4, -0.2) is 61.3 Å². The van der Waals surface area contributed by atoms with Crippen molar-refractivity contribution in [3.05, 3.63) is 0 Å². The Hall–Kier alpha value is -0.770. The summed E-state index contributed by atoms with van der Waals surface area (Å²) in [5, 5.41) is 7.35. The molecule has 2 amide bonds. The molecule has 7 nitrogen and oxygen atoms in total. The van der Waals surface area contributed by atoms with E-state index in [1.807, 2.05) is 0 Å². The molecule has 3 atom stereocenters. The minimum atomic E-state index is -0.312. The highest BCUT2D eigenvalue weighted by atomic mass is 127. The number of hydrogen-bond acceptors (Lipinski definition) is 3. The number of nitrogens with zero attached hydrogens (tertiary/aromatic N) is 2. The van der Waals surface area contributed by atoms with Gasteiger partial charge in [0, 0.05) is 49.7 Å². The van der Waals surface area contributed by atoms with E-state index >= 15 is 0 Å². The quantitative estimate of drug-likeness (QED) is 0.328. The Bertz CT molecular complexity index is 546. The fraction of sp³-hybridized carbons (Fsp3) is 0.889. The number of amides is 2. The number of rotatable bonds is 3. The normalized spacial score (nSPS) is 32.9. The van der Waals surface area contributed by atoms with Gasteiger partial charge in [0.05, 0.1) is 6.10 Å². The molecule has 4 aliphatic rings. The number of primary amides is 1. The van der Waals surface area contributed by atoms with Gasteiger partial charge in [-0.2, -0.15) is 0 Å². The third-order valence-corrected chi connectivity index (χ3v) is 6.79. The predicted octanol–water partition coefficient (Wildman–Crippen LogP) is 1.66. The monoisotopic (exact) mass is 477 g/mol. The van der Waals surface area contributed by atoms with E-state index in [1.54, 1.807) is 4.90 Å². The number of piperidine rings is 1. The molecule has 148 valence electrons. The first-order valence-electron chi connectivity index (χ1n) is 9.87. The molecule has 0 aromatic rings. The summed E-state index contributed by atoms with van der Waals surface area (Å²) in [6.45, 7) is 5.19. The Kier molecular flexibility index (Phi) is 6.21. The molecular formula is C18H32IN5O2. The molecule has 2 saturated carbocycles. The van der Waals surface area contributed by atoms with Crippen molar-refractivity contribution < 1.29 is 9.53 Å². The van der Waals surface area contributed by atoms with E-state index in [4.69, 9.17) is 10.5 Å². The smallest absolute Gasteiger partial charge is 0.314 e. The van der Waals surface area contributed by atoms with Crippen LogP contribution in [0.1, 0.15) is 45.4 Å². The second-order valence-electron chi connectivity index (χ2n) is 8.02. The molecular weight excluding hydrogens is 445 g/mol. The maximum atomic E-state index is 11.3. The molecule has 0 bridgehead atoms. The fourth-order valence-corrected chi connectivity index (χ4v) is 5.33. The SMILES string of the molecule is CCN=C(NC1CCN(C(N)=O)CC1)NC1C2CCOC2C12CCC2.I. The van der Waals surface area contributed by atoms with E-state index in [9.17, 15) is 4.79 Å². The van der Waals surface area contributed by atoms with Gasteiger partial charge >= 0.3 is 6.03 Å². The van der Waals surface area contributed by atoms with E-state index in [2.05, 4.69) is 22.5 Å². The number of nitrogens with one attached hydrogen (secondary N) is 2. The zero-order valence-electron chi connectivity index (χ0n) is 15.6. The largest absolute Gasteiger partial charge is 0.377 e. The lowest BCUT2D eigenvalue weighted by Gasteiger charge is -2.63. The van der Waals surface area contributed by atoms with E-state index in [-0.39, 0.29) is 30.0 Å². The number of carbonyl (C=O) groups is 1. The average molecular weight is 477 g/mol. The number of urea groups is 1. The van der Waals surface area contributed by atoms with Gasteiger partial charge in [-0.3, -0.25) is 4.99 Å². The van der Waals surface area contributed by atoms with Crippen molar-refractivity contribution in [3.8, 4) is 0 Å². The van der Waals surface area contributed by atoms with Crippen LogP contribution >= 0.6 is 24.0 Å². The van der Waals surface area contributed by atoms with Crippen LogP contribution in [0.4, 0.5) is 4.79 Å². The number of halogens is 1. The van der Waals surface area contributed by atoms with Gasteiger partial charge in [0.25, 0.3) is 0 Å². The molecule has 3 unspecified atom stereocenters. The number of hydrogen-bond donors (Lipinski definition) is 3. The number of likely N-dealkylation sites (tertiary alicyclic amines) is 1. The molecule has 0 aromatic heterocycles. The Balaban J connectivity index is 0.00000196. The lowest BCUT2D eigenvalue weighted by atomic mass is 9.46. The summed E-state index contributed by atoms with van der Waals surface area (Å²) >= 11 is 0. The van der Waals surface area contributed by atoms with Gasteiger partial charge in [-0.15, -0.1) is 24.0 Å². The van der Waals surface area contributed by atoms with Gasteiger partial charge in [0.15, 0.2) is 5.96 Å². The average Bonchev–Trinajstić information content (AvgIpc) is 2.97. The zero-order chi connectivity index (χ0) is 17.4. The summed E-state index contributed by atoms with van der Waals surface area (Å²) in [6.07, 6.45) is 7.35. The summed E-state index contributed by atoms with van der Waals surface area (Å²) in [6, 6.07) is 0.534. The Morgan fingerprint density at radius 3 is 2.58 bits per heavy atom. The topological polar surface area (TPSA) is 92.0 Å². The molecule has 1 spiro atoms. The summed E-state index contributed by atoms with van der Waals surface area (Å²) in [5.41, 5.74) is 5.73.